The third kappa shape index (κ3) is 3.64. The molecule has 1 fully saturated rings. The van der Waals surface area contributed by atoms with Gasteiger partial charge in [-0.1, -0.05) is 0 Å². The third-order valence-electron chi connectivity index (χ3n) is 6.38. The number of hydrogen-bond acceptors (Lipinski definition) is 7. The van der Waals surface area contributed by atoms with Crippen molar-refractivity contribution in [2.75, 3.05) is 25.1 Å². The Morgan fingerprint density at radius 1 is 1.24 bits per heavy atom. The van der Waals surface area contributed by atoms with Crippen molar-refractivity contribution in [2.45, 2.75) is 25.9 Å². The normalized spacial score (nSPS) is 17.0. The summed E-state index contributed by atoms with van der Waals surface area (Å²) < 4.78 is 29.2. The first kappa shape index (κ1) is 20.6. The van der Waals surface area contributed by atoms with Crippen LogP contribution in [-0.4, -0.2) is 44.0 Å². The molecule has 0 saturated carbocycles. The zero-order valence-electron chi connectivity index (χ0n) is 18.4. The lowest BCUT2D eigenvalue weighted by molar-refractivity contribution is 0.181. The van der Waals surface area contributed by atoms with E-state index in [0.29, 0.717) is 36.1 Å². The number of imidazole rings is 1. The van der Waals surface area contributed by atoms with Gasteiger partial charge in [0.25, 0.3) is 0 Å². The number of hydrogen-bond donors (Lipinski definition) is 1. The molecule has 1 atom stereocenters. The lowest BCUT2D eigenvalue weighted by Crippen LogP contribution is -2.10. The predicted octanol–water partition coefficient (Wildman–Crippen LogP) is 3.19. The Labute approximate surface area is 194 Å². The van der Waals surface area contributed by atoms with Crippen LogP contribution in [0.15, 0.2) is 36.9 Å². The Morgan fingerprint density at radius 2 is 2.18 bits per heavy atom. The van der Waals surface area contributed by atoms with E-state index in [2.05, 4.69) is 26.5 Å². The summed E-state index contributed by atoms with van der Waals surface area (Å²) in [7, 11) is 0. The highest BCUT2D eigenvalue weighted by Crippen LogP contribution is 2.31. The van der Waals surface area contributed by atoms with Gasteiger partial charge in [-0.05, 0) is 18.6 Å². The van der Waals surface area contributed by atoms with Crippen LogP contribution < -0.4 is 10.1 Å². The Morgan fingerprint density at radius 3 is 3.03 bits per heavy atom. The van der Waals surface area contributed by atoms with Gasteiger partial charge in [0.2, 0.25) is 5.95 Å². The summed E-state index contributed by atoms with van der Waals surface area (Å²) in [4.78, 5) is 9.06. The van der Waals surface area contributed by atoms with E-state index in [1.165, 1.54) is 6.07 Å². The van der Waals surface area contributed by atoms with Crippen molar-refractivity contribution in [3.05, 3.63) is 59.6 Å². The van der Waals surface area contributed by atoms with Crippen molar-refractivity contribution in [2.24, 2.45) is 5.92 Å². The van der Waals surface area contributed by atoms with Crippen LogP contribution in [0.2, 0.25) is 0 Å². The van der Waals surface area contributed by atoms with E-state index in [1.807, 2.05) is 10.9 Å². The van der Waals surface area contributed by atoms with E-state index < -0.39 is 0 Å². The molecule has 9 nitrogen and oxygen atoms in total. The molecule has 0 amide bonds. The summed E-state index contributed by atoms with van der Waals surface area (Å²) in [5, 5.41) is 17.2. The second-order valence-corrected chi connectivity index (χ2v) is 8.56. The molecular formula is C24H22FN7O2. The van der Waals surface area contributed by atoms with Gasteiger partial charge in [0, 0.05) is 66.7 Å². The van der Waals surface area contributed by atoms with Crippen molar-refractivity contribution in [1.29, 1.82) is 5.26 Å². The van der Waals surface area contributed by atoms with Gasteiger partial charge in [-0.2, -0.15) is 10.4 Å². The molecule has 1 unspecified atom stereocenters. The number of benzene rings is 1. The van der Waals surface area contributed by atoms with E-state index in [1.54, 1.807) is 29.1 Å². The average molecular weight is 459 g/mol. The molecule has 3 aromatic heterocycles. The number of aromatic nitrogens is 5. The molecule has 172 valence electrons. The number of anilines is 1. The molecule has 2 aliphatic rings. The minimum Gasteiger partial charge on any atom is -0.493 e. The molecule has 0 radical (unpaired) electrons. The number of halogens is 1. The number of rotatable bonds is 6. The Hall–Kier alpha value is -3.97. The monoisotopic (exact) mass is 459 g/mol. The SMILES string of the molecule is N#Cc1cn2c(NCc3c(F)ccc4c3CCO4)ncc(-c3cnn(CC4CCOC4)c3)c2n1. The molecule has 0 spiro atoms. The minimum absolute atomic E-state index is 0.237. The molecule has 1 aromatic carbocycles. The Bertz CT molecular complexity index is 1410. The fourth-order valence-corrected chi connectivity index (χ4v) is 4.63. The van der Waals surface area contributed by atoms with Crippen LogP contribution >= 0.6 is 0 Å². The van der Waals surface area contributed by atoms with Crippen molar-refractivity contribution in [1.82, 2.24) is 24.1 Å². The van der Waals surface area contributed by atoms with Crippen LogP contribution in [-0.2, 0) is 24.2 Å². The minimum atomic E-state index is -0.284. The molecule has 2 aliphatic heterocycles. The summed E-state index contributed by atoms with van der Waals surface area (Å²) in [5.74, 6) is 1.37. The van der Waals surface area contributed by atoms with Crippen molar-refractivity contribution < 1.29 is 13.9 Å². The topological polar surface area (TPSA) is 102 Å². The zero-order valence-corrected chi connectivity index (χ0v) is 18.4. The molecule has 0 bridgehead atoms. The standard InChI is InChI=1S/C24H22FN7O2/c25-21-1-2-22-18(4-6-34-22)20(21)10-28-24-27-9-19(23-30-17(7-26)13-32(23)24)16-8-29-31(12-16)11-15-3-5-33-14-15/h1-2,8-9,12-13,15H,3-6,10-11,14H2,(H,27,28). The number of nitrogens with zero attached hydrogens (tertiary/aromatic N) is 6. The Kier molecular flexibility index (Phi) is 5.11. The summed E-state index contributed by atoms with van der Waals surface area (Å²) >= 11 is 0. The molecule has 1 N–H and O–H groups in total. The van der Waals surface area contributed by atoms with Crippen molar-refractivity contribution in [3.8, 4) is 22.9 Å². The fourth-order valence-electron chi connectivity index (χ4n) is 4.63. The van der Waals surface area contributed by atoms with Crippen LogP contribution in [0.4, 0.5) is 10.3 Å². The lowest BCUT2D eigenvalue weighted by atomic mass is 10.0. The maximum Gasteiger partial charge on any atom is 0.208 e. The van der Waals surface area contributed by atoms with Crippen molar-refractivity contribution >= 4 is 11.6 Å². The quantitative estimate of drug-likeness (QED) is 0.472. The van der Waals surface area contributed by atoms with E-state index >= 15 is 0 Å². The van der Waals surface area contributed by atoms with Gasteiger partial charge >= 0.3 is 0 Å². The predicted molar refractivity (Wildman–Crippen MR) is 121 cm³/mol. The second kappa shape index (κ2) is 8.43. The van der Waals surface area contributed by atoms with Crippen LogP contribution in [0.25, 0.3) is 16.8 Å². The largest absolute Gasteiger partial charge is 0.493 e. The molecular weight excluding hydrogens is 437 g/mol. The average Bonchev–Trinajstić information content (AvgIpc) is 3.65. The second-order valence-electron chi connectivity index (χ2n) is 8.56. The highest BCUT2D eigenvalue weighted by atomic mass is 19.1. The summed E-state index contributed by atoms with van der Waals surface area (Å²) in [5.41, 5.74) is 3.92. The number of nitriles is 1. The van der Waals surface area contributed by atoms with Crippen LogP contribution in [0.3, 0.4) is 0 Å². The van der Waals surface area contributed by atoms with Gasteiger partial charge in [0.1, 0.15) is 17.6 Å². The molecule has 0 aliphatic carbocycles. The molecule has 5 heterocycles. The van der Waals surface area contributed by atoms with Gasteiger partial charge in [-0.15, -0.1) is 0 Å². The molecule has 1 saturated heterocycles. The molecule has 34 heavy (non-hydrogen) atoms. The van der Waals surface area contributed by atoms with Crippen LogP contribution in [0.5, 0.6) is 5.75 Å². The first-order valence-corrected chi connectivity index (χ1v) is 11.3. The van der Waals surface area contributed by atoms with Crippen molar-refractivity contribution in [3.63, 3.8) is 0 Å². The summed E-state index contributed by atoms with van der Waals surface area (Å²) in [6, 6.07) is 5.19. The lowest BCUT2D eigenvalue weighted by Gasteiger charge is -2.12. The Balaban J connectivity index is 1.31. The number of ether oxygens (including phenoxy) is 2. The molecule has 6 rings (SSSR count). The zero-order chi connectivity index (χ0) is 23.1. The fraction of sp³-hybridized carbons (Fsp3) is 0.333. The van der Waals surface area contributed by atoms with Crippen LogP contribution in [0.1, 0.15) is 23.2 Å². The smallest absolute Gasteiger partial charge is 0.208 e. The van der Waals surface area contributed by atoms with Gasteiger partial charge < -0.3 is 14.8 Å². The van der Waals surface area contributed by atoms with E-state index in [9.17, 15) is 9.65 Å². The number of fused-ring (bicyclic) bond motifs is 2. The maximum absolute atomic E-state index is 14.6. The first-order valence-electron chi connectivity index (χ1n) is 11.3. The first-order chi connectivity index (χ1) is 16.7. The van der Waals surface area contributed by atoms with E-state index in [0.717, 1.165) is 48.6 Å². The third-order valence-corrected chi connectivity index (χ3v) is 6.38. The highest BCUT2D eigenvalue weighted by Gasteiger charge is 2.21. The summed E-state index contributed by atoms with van der Waals surface area (Å²) in [6.45, 7) is 3.13. The number of nitrogens with one attached hydrogen (secondary N) is 1. The van der Waals surface area contributed by atoms with Gasteiger partial charge in [-0.25, -0.2) is 14.4 Å². The highest BCUT2D eigenvalue weighted by molar-refractivity contribution is 5.77. The van der Waals surface area contributed by atoms with Gasteiger partial charge in [0.15, 0.2) is 11.3 Å². The molecule has 10 heteroatoms. The molecule has 4 aromatic rings. The van der Waals surface area contributed by atoms with Crippen LogP contribution in [0, 0.1) is 23.1 Å². The van der Waals surface area contributed by atoms with Gasteiger partial charge in [-0.3, -0.25) is 9.08 Å². The summed E-state index contributed by atoms with van der Waals surface area (Å²) in [6.07, 6.45) is 8.79. The van der Waals surface area contributed by atoms with Gasteiger partial charge in [0.05, 0.1) is 25.6 Å². The van der Waals surface area contributed by atoms with E-state index in [-0.39, 0.29) is 18.1 Å². The maximum atomic E-state index is 14.6. The van der Waals surface area contributed by atoms with E-state index in [4.69, 9.17) is 9.47 Å².